The molecule has 0 radical (unpaired) electrons. The lowest BCUT2D eigenvalue weighted by molar-refractivity contribution is -0.135. The number of aromatic nitrogens is 2. The van der Waals surface area contributed by atoms with Crippen molar-refractivity contribution in [3.63, 3.8) is 0 Å². The summed E-state index contributed by atoms with van der Waals surface area (Å²) in [5.74, 6) is -0.752. The zero-order valence-electron chi connectivity index (χ0n) is 7.14. The van der Waals surface area contributed by atoms with Gasteiger partial charge in [0.05, 0.1) is 18.3 Å². The van der Waals surface area contributed by atoms with Gasteiger partial charge in [0.15, 0.2) is 11.0 Å². The van der Waals surface area contributed by atoms with Crippen molar-refractivity contribution in [1.29, 1.82) is 0 Å². The maximum absolute atomic E-state index is 10.2. The molecule has 0 atom stereocenters. The zero-order valence-corrected chi connectivity index (χ0v) is 7.90. The molecule has 74 valence electrons. The molecule has 1 rings (SSSR count). The number of carbonyl (C=O) groups is 1. The lowest BCUT2D eigenvalue weighted by atomic mass is 10.3. The SMILES string of the molecule is Nc1ncc(C=CCC(=O)O)nc1Cl. The highest BCUT2D eigenvalue weighted by atomic mass is 35.5. The molecule has 0 saturated carbocycles. The fourth-order valence-corrected chi connectivity index (χ4v) is 0.896. The lowest BCUT2D eigenvalue weighted by Crippen LogP contribution is -1.95. The predicted octanol–water partition coefficient (Wildman–Crippen LogP) is 1.20. The van der Waals surface area contributed by atoms with Crippen molar-refractivity contribution in [2.45, 2.75) is 6.42 Å². The maximum Gasteiger partial charge on any atom is 0.307 e. The van der Waals surface area contributed by atoms with Gasteiger partial charge in [0.25, 0.3) is 0 Å². The third kappa shape index (κ3) is 3.02. The van der Waals surface area contributed by atoms with Crippen LogP contribution in [0.2, 0.25) is 5.15 Å². The molecule has 0 aromatic carbocycles. The Kier molecular flexibility index (Phi) is 3.41. The van der Waals surface area contributed by atoms with Crippen LogP contribution in [-0.4, -0.2) is 21.0 Å². The summed E-state index contributed by atoms with van der Waals surface area (Å²) in [6.07, 6.45) is 4.33. The molecular formula is C8H8ClN3O2. The van der Waals surface area contributed by atoms with Gasteiger partial charge in [0.2, 0.25) is 0 Å². The zero-order chi connectivity index (χ0) is 10.6. The molecule has 0 spiro atoms. The monoisotopic (exact) mass is 213 g/mol. The molecule has 1 aromatic rings. The number of hydrogen-bond acceptors (Lipinski definition) is 4. The van der Waals surface area contributed by atoms with E-state index in [0.717, 1.165) is 0 Å². The second-order valence-corrected chi connectivity index (χ2v) is 2.83. The van der Waals surface area contributed by atoms with Crippen LogP contribution < -0.4 is 5.73 Å². The molecule has 0 aliphatic carbocycles. The molecule has 0 saturated heterocycles. The molecule has 6 heteroatoms. The standard InChI is InChI=1S/C8H8ClN3O2/c9-7-8(10)11-4-5(12-7)2-1-3-6(13)14/h1-2,4H,3H2,(H2,10,11)(H,13,14). The van der Waals surface area contributed by atoms with Crippen molar-refractivity contribution in [3.8, 4) is 0 Å². The summed E-state index contributed by atoms with van der Waals surface area (Å²) in [5, 5.41) is 8.47. The van der Waals surface area contributed by atoms with E-state index in [-0.39, 0.29) is 17.4 Å². The fraction of sp³-hybridized carbons (Fsp3) is 0.125. The number of nitrogen functional groups attached to an aromatic ring is 1. The topological polar surface area (TPSA) is 89.1 Å². The average molecular weight is 214 g/mol. The molecule has 3 N–H and O–H groups in total. The number of halogens is 1. The van der Waals surface area contributed by atoms with E-state index >= 15 is 0 Å². The van der Waals surface area contributed by atoms with Gasteiger partial charge in [-0.2, -0.15) is 0 Å². The number of aliphatic carboxylic acids is 1. The molecule has 0 bridgehead atoms. The Labute approximate surface area is 85.2 Å². The van der Waals surface area contributed by atoms with Crippen molar-refractivity contribution in [2.24, 2.45) is 0 Å². The molecule has 14 heavy (non-hydrogen) atoms. The summed E-state index contributed by atoms with van der Waals surface area (Å²) < 4.78 is 0. The number of anilines is 1. The summed E-state index contributed by atoms with van der Waals surface area (Å²) in [4.78, 5) is 17.8. The first-order valence-electron chi connectivity index (χ1n) is 3.76. The molecule has 0 fully saturated rings. The first-order valence-corrected chi connectivity index (χ1v) is 4.13. The number of rotatable bonds is 3. The Hall–Kier alpha value is -1.62. The van der Waals surface area contributed by atoms with Crippen molar-refractivity contribution in [3.05, 3.63) is 23.1 Å². The van der Waals surface area contributed by atoms with E-state index in [1.807, 2.05) is 0 Å². The summed E-state index contributed by atoms with van der Waals surface area (Å²) in [6.45, 7) is 0. The summed E-state index contributed by atoms with van der Waals surface area (Å²) in [7, 11) is 0. The molecule has 0 unspecified atom stereocenters. The number of hydrogen-bond donors (Lipinski definition) is 2. The lowest BCUT2D eigenvalue weighted by Gasteiger charge is -1.96. The Morgan fingerprint density at radius 3 is 3.00 bits per heavy atom. The third-order valence-electron chi connectivity index (χ3n) is 1.36. The largest absolute Gasteiger partial charge is 0.481 e. The maximum atomic E-state index is 10.2. The van der Waals surface area contributed by atoms with Crippen LogP contribution in [0.15, 0.2) is 12.3 Å². The molecule has 0 amide bonds. The third-order valence-corrected chi connectivity index (χ3v) is 1.63. The minimum absolute atomic E-state index is 0.0658. The summed E-state index contributed by atoms with van der Waals surface area (Å²) >= 11 is 5.61. The van der Waals surface area contributed by atoms with E-state index in [0.29, 0.717) is 5.69 Å². The molecular weight excluding hydrogens is 206 g/mol. The van der Waals surface area contributed by atoms with E-state index < -0.39 is 5.97 Å². The molecule has 1 aromatic heterocycles. The average Bonchev–Trinajstić information content (AvgIpc) is 2.10. The van der Waals surface area contributed by atoms with Crippen molar-refractivity contribution in [2.75, 3.05) is 5.73 Å². The first-order chi connectivity index (χ1) is 6.59. The van der Waals surface area contributed by atoms with Gasteiger partial charge in [-0.15, -0.1) is 0 Å². The van der Waals surface area contributed by atoms with Crippen LogP contribution in [-0.2, 0) is 4.79 Å². The minimum atomic E-state index is -0.907. The molecule has 1 heterocycles. The van der Waals surface area contributed by atoms with Crippen molar-refractivity contribution >= 4 is 29.5 Å². The predicted molar refractivity (Wildman–Crippen MR) is 52.7 cm³/mol. The highest BCUT2D eigenvalue weighted by Crippen LogP contribution is 2.12. The van der Waals surface area contributed by atoms with E-state index in [1.165, 1.54) is 18.3 Å². The van der Waals surface area contributed by atoms with Gasteiger partial charge < -0.3 is 10.8 Å². The molecule has 0 aliphatic heterocycles. The summed E-state index contributed by atoms with van der Waals surface area (Å²) in [5.41, 5.74) is 5.82. The van der Waals surface area contributed by atoms with Gasteiger partial charge in [-0.1, -0.05) is 17.7 Å². The first kappa shape index (κ1) is 10.5. The number of carboxylic acids is 1. The van der Waals surface area contributed by atoms with Gasteiger partial charge >= 0.3 is 5.97 Å². The van der Waals surface area contributed by atoms with Crippen LogP contribution in [0.25, 0.3) is 6.08 Å². The van der Waals surface area contributed by atoms with Gasteiger partial charge in [-0.05, 0) is 6.08 Å². The van der Waals surface area contributed by atoms with E-state index in [4.69, 9.17) is 22.4 Å². The highest BCUT2D eigenvalue weighted by molar-refractivity contribution is 6.31. The van der Waals surface area contributed by atoms with E-state index in [9.17, 15) is 4.79 Å². The Balaban J connectivity index is 2.73. The van der Waals surface area contributed by atoms with Crippen LogP contribution in [0.3, 0.4) is 0 Å². The molecule has 0 aliphatic rings. The van der Waals surface area contributed by atoms with Crippen LogP contribution in [0, 0.1) is 0 Å². The minimum Gasteiger partial charge on any atom is -0.481 e. The van der Waals surface area contributed by atoms with Gasteiger partial charge in [-0.25, -0.2) is 9.97 Å². The van der Waals surface area contributed by atoms with Crippen molar-refractivity contribution < 1.29 is 9.90 Å². The Morgan fingerprint density at radius 2 is 2.43 bits per heavy atom. The van der Waals surface area contributed by atoms with Gasteiger partial charge in [-0.3, -0.25) is 4.79 Å². The highest BCUT2D eigenvalue weighted by Gasteiger charge is 1.98. The second kappa shape index (κ2) is 4.57. The number of nitrogens with zero attached hydrogens (tertiary/aromatic N) is 2. The Morgan fingerprint density at radius 1 is 1.71 bits per heavy atom. The fourth-order valence-electron chi connectivity index (χ4n) is 0.749. The quantitative estimate of drug-likeness (QED) is 0.788. The van der Waals surface area contributed by atoms with Gasteiger partial charge in [0, 0.05) is 0 Å². The van der Waals surface area contributed by atoms with Crippen LogP contribution in [0.1, 0.15) is 12.1 Å². The smallest absolute Gasteiger partial charge is 0.307 e. The van der Waals surface area contributed by atoms with E-state index in [1.54, 1.807) is 0 Å². The van der Waals surface area contributed by atoms with Crippen LogP contribution in [0.4, 0.5) is 5.82 Å². The van der Waals surface area contributed by atoms with Crippen LogP contribution >= 0.6 is 11.6 Å². The Bertz CT molecular complexity index is 379. The van der Waals surface area contributed by atoms with Crippen LogP contribution in [0.5, 0.6) is 0 Å². The number of nitrogens with two attached hydrogens (primary N) is 1. The van der Waals surface area contributed by atoms with Crippen molar-refractivity contribution in [1.82, 2.24) is 9.97 Å². The second-order valence-electron chi connectivity index (χ2n) is 2.47. The summed E-state index contributed by atoms with van der Waals surface area (Å²) in [6, 6.07) is 0. The normalized spacial score (nSPS) is 10.6. The van der Waals surface area contributed by atoms with Gasteiger partial charge in [0.1, 0.15) is 0 Å². The number of carboxylic acid groups (broad SMARTS) is 1. The van der Waals surface area contributed by atoms with E-state index in [2.05, 4.69) is 9.97 Å². The molecule has 5 nitrogen and oxygen atoms in total.